The second-order valence-corrected chi connectivity index (χ2v) is 6.62. The van der Waals surface area contributed by atoms with Gasteiger partial charge in [-0.15, -0.1) is 0 Å². The van der Waals surface area contributed by atoms with Gasteiger partial charge in [-0.3, -0.25) is 4.79 Å². The van der Waals surface area contributed by atoms with Gasteiger partial charge in [0, 0.05) is 6.42 Å². The summed E-state index contributed by atoms with van der Waals surface area (Å²) in [5.74, 6) is 0.870. The van der Waals surface area contributed by atoms with Crippen molar-refractivity contribution in [2.24, 2.45) is 0 Å². The van der Waals surface area contributed by atoms with E-state index in [2.05, 4.69) is 36.5 Å². The Hall–Kier alpha value is -3.07. The number of aryl methyl sites for hydroxylation is 2. The molecule has 0 aliphatic carbocycles. The summed E-state index contributed by atoms with van der Waals surface area (Å²) in [7, 11) is 1.65. The summed E-state index contributed by atoms with van der Waals surface area (Å²) < 4.78 is 5.18. The van der Waals surface area contributed by atoms with Gasteiger partial charge in [-0.2, -0.15) is 0 Å². The molecule has 3 nitrogen and oxygen atoms in total. The molecule has 0 radical (unpaired) electrons. The third-order valence-corrected chi connectivity index (χ3v) is 4.74. The van der Waals surface area contributed by atoms with Crippen LogP contribution in [-0.2, 0) is 11.2 Å². The average molecular weight is 359 g/mol. The van der Waals surface area contributed by atoms with Crippen molar-refractivity contribution in [3.63, 3.8) is 0 Å². The Morgan fingerprint density at radius 2 is 1.59 bits per heavy atom. The molecule has 0 aliphatic rings. The van der Waals surface area contributed by atoms with E-state index in [1.165, 1.54) is 5.56 Å². The number of benzene rings is 3. The Morgan fingerprint density at radius 3 is 2.26 bits per heavy atom. The minimum atomic E-state index is -0.143. The summed E-state index contributed by atoms with van der Waals surface area (Å²) in [4.78, 5) is 12.7. The number of carbonyl (C=O) groups excluding carboxylic acids is 1. The van der Waals surface area contributed by atoms with E-state index in [9.17, 15) is 4.79 Å². The van der Waals surface area contributed by atoms with Crippen LogP contribution in [0.25, 0.3) is 0 Å². The highest BCUT2D eigenvalue weighted by Gasteiger charge is 2.18. The lowest BCUT2D eigenvalue weighted by molar-refractivity contribution is -0.121. The Balaban J connectivity index is 1.72. The predicted octanol–water partition coefficient (Wildman–Crippen LogP) is 4.84. The van der Waals surface area contributed by atoms with E-state index in [0.29, 0.717) is 12.8 Å². The van der Waals surface area contributed by atoms with Crippen molar-refractivity contribution in [2.75, 3.05) is 7.11 Å². The molecule has 1 N–H and O–H groups in total. The number of nitrogens with one attached hydrogen (secondary N) is 1. The first-order chi connectivity index (χ1) is 13.2. The molecule has 0 spiro atoms. The number of amides is 1. The van der Waals surface area contributed by atoms with Crippen molar-refractivity contribution < 1.29 is 9.53 Å². The topological polar surface area (TPSA) is 38.3 Å². The largest absolute Gasteiger partial charge is 0.497 e. The van der Waals surface area contributed by atoms with E-state index in [0.717, 1.165) is 22.4 Å². The van der Waals surface area contributed by atoms with Gasteiger partial charge in [0.15, 0.2) is 0 Å². The number of ether oxygens (including phenoxy) is 1. The molecular formula is C24H25NO2. The molecule has 3 aromatic rings. The van der Waals surface area contributed by atoms with Gasteiger partial charge >= 0.3 is 0 Å². The van der Waals surface area contributed by atoms with Gasteiger partial charge in [-0.1, -0.05) is 66.7 Å². The Kier molecular flexibility index (Phi) is 6.26. The number of carbonyl (C=O) groups is 1. The van der Waals surface area contributed by atoms with Gasteiger partial charge in [0.05, 0.1) is 13.2 Å². The molecule has 3 heteroatoms. The number of hydrogen-bond acceptors (Lipinski definition) is 2. The summed E-state index contributed by atoms with van der Waals surface area (Å²) in [5, 5.41) is 3.22. The van der Waals surface area contributed by atoms with E-state index >= 15 is 0 Å². The van der Waals surface area contributed by atoms with Crippen molar-refractivity contribution in [3.8, 4) is 5.75 Å². The molecular weight excluding hydrogens is 334 g/mol. The van der Waals surface area contributed by atoms with Crippen LogP contribution in [0.15, 0.2) is 78.9 Å². The first kappa shape index (κ1) is 18.7. The summed E-state index contributed by atoms with van der Waals surface area (Å²) in [6.07, 6.45) is 1.15. The molecule has 0 aliphatic heterocycles. The molecule has 1 amide bonds. The fourth-order valence-electron chi connectivity index (χ4n) is 3.18. The van der Waals surface area contributed by atoms with E-state index in [4.69, 9.17) is 4.74 Å². The van der Waals surface area contributed by atoms with Crippen LogP contribution >= 0.6 is 0 Å². The molecule has 0 saturated carbocycles. The maximum Gasteiger partial charge on any atom is 0.221 e. The standard InChI is InChI=1S/C24H25NO2/c1-18-8-6-7-11-22(18)24(20-9-4-3-5-10-20)25-23(26)17-14-19-12-15-21(27-2)16-13-19/h3-13,15-16,24H,14,17H2,1-2H3,(H,25,26). The SMILES string of the molecule is COc1ccc(CCC(=O)NC(c2ccccc2)c2ccccc2C)cc1. The van der Waals surface area contributed by atoms with Crippen molar-refractivity contribution in [3.05, 3.63) is 101 Å². The van der Waals surface area contributed by atoms with Crippen LogP contribution < -0.4 is 10.1 Å². The predicted molar refractivity (Wildman–Crippen MR) is 109 cm³/mol. The van der Waals surface area contributed by atoms with Gasteiger partial charge in [-0.25, -0.2) is 0 Å². The minimum absolute atomic E-state index is 0.0444. The summed E-state index contributed by atoms with van der Waals surface area (Å²) in [6.45, 7) is 2.08. The van der Waals surface area contributed by atoms with Crippen molar-refractivity contribution in [1.29, 1.82) is 0 Å². The van der Waals surface area contributed by atoms with E-state index in [1.807, 2.05) is 54.6 Å². The minimum Gasteiger partial charge on any atom is -0.497 e. The van der Waals surface area contributed by atoms with Crippen LogP contribution in [0.1, 0.15) is 34.7 Å². The normalized spacial score (nSPS) is 11.6. The van der Waals surface area contributed by atoms with Crippen LogP contribution in [0, 0.1) is 6.92 Å². The highest BCUT2D eigenvalue weighted by Crippen LogP contribution is 2.25. The van der Waals surface area contributed by atoms with Crippen LogP contribution in [0.3, 0.4) is 0 Å². The molecule has 1 unspecified atom stereocenters. The molecule has 0 aromatic heterocycles. The van der Waals surface area contributed by atoms with Crippen molar-refractivity contribution in [2.45, 2.75) is 25.8 Å². The number of methoxy groups -OCH3 is 1. The second-order valence-electron chi connectivity index (χ2n) is 6.62. The lowest BCUT2D eigenvalue weighted by Crippen LogP contribution is -2.30. The average Bonchev–Trinajstić information content (AvgIpc) is 2.72. The van der Waals surface area contributed by atoms with E-state index in [1.54, 1.807) is 7.11 Å². The van der Waals surface area contributed by atoms with Crippen molar-refractivity contribution in [1.82, 2.24) is 5.32 Å². The molecule has 1 atom stereocenters. The zero-order valence-electron chi connectivity index (χ0n) is 15.8. The van der Waals surface area contributed by atoms with Gasteiger partial charge in [0.25, 0.3) is 0 Å². The smallest absolute Gasteiger partial charge is 0.221 e. The van der Waals surface area contributed by atoms with Gasteiger partial charge in [-0.05, 0) is 47.7 Å². The third kappa shape index (κ3) is 4.98. The zero-order chi connectivity index (χ0) is 19.1. The fourth-order valence-corrected chi connectivity index (χ4v) is 3.18. The molecule has 138 valence electrons. The van der Waals surface area contributed by atoms with E-state index < -0.39 is 0 Å². The molecule has 3 rings (SSSR count). The first-order valence-corrected chi connectivity index (χ1v) is 9.20. The Morgan fingerprint density at radius 1 is 0.926 bits per heavy atom. The maximum absolute atomic E-state index is 12.7. The van der Waals surface area contributed by atoms with Crippen LogP contribution in [0.2, 0.25) is 0 Å². The monoisotopic (exact) mass is 359 g/mol. The Bertz CT molecular complexity index is 872. The molecule has 0 saturated heterocycles. The summed E-state index contributed by atoms with van der Waals surface area (Å²) in [6, 6.07) is 26.0. The molecule has 27 heavy (non-hydrogen) atoms. The third-order valence-electron chi connectivity index (χ3n) is 4.74. The number of hydrogen-bond donors (Lipinski definition) is 1. The van der Waals surface area contributed by atoms with Crippen LogP contribution in [0.5, 0.6) is 5.75 Å². The fraction of sp³-hybridized carbons (Fsp3) is 0.208. The first-order valence-electron chi connectivity index (χ1n) is 9.20. The second kappa shape index (κ2) is 9.04. The molecule has 0 fully saturated rings. The summed E-state index contributed by atoms with van der Waals surface area (Å²) in [5.41, 5.74) is 4.51. The molecule has 0 bridgehead atoms. The molecule has 3 aromatic carbocycles. The lowest BCUT2D eigenvalue weighted by atomic mass is 9.94. The van der Waals surface area contributed by atoms with E-state index in [-0.39, 0.29) is 11.9 Å². The van der Waals surface area contributed by atoms with Crippen LogP contribution in [0.4, 0.5) is 0 Å². The highest BCUT2D eigenvalue weighted by atomic mass is 16.5. The maximum atomic E-state index is 12.7. The van der Waals surface area contributed by atoms with Gasteiger partial charge < -0.3 is 10.1 Å². The molecule has 0 heterocycles. The van der Waals surface area contributed by atoms with Gasteiger partial charge in [0.2, 0.25) is 5.91 Å². The number of rotatable bonds is 7. The highest BCUT2D eigenvalue weighted by molar-refractivity contribution is 5.77. The van der Waals surface area contributed by atoms with Crippen LogP contribution in [-0.4, -0.2) is 13.0 Å². The zero-order valence-corrected chi connectivity index (χ0v) is 15.8. The lowest BCUT2D eigenvalue weighted by Gasteiger charge is -2.21. The Labute approximate surface area is 161 Å². The summed E-state index contributed by atoms with van der Waals surface area (Å²) >= 11 is 0. The van der Waals surface area contributed by atoms with Crippen molar-refractivity contribution >= 4 is 5.91 Å². The quantitative estimate of drug-likeness (QED) is 0.655. The van der Waals surface area contributed by atoms with Gasteiger partial charge in [0.1, 0.15) is 5.75 Å².